The Balaban J connectivity index is 1.79. The van der Waals surface area contributed by atoms with Gasteiger partial charge in [0.05, 0.1) is 0 Å². The van der Waals surface area contributed by atoms with Gasteiger partial charge in [-0.1, -0.05) is 31.1 Å². The number of nitrogens with one attached hydrogen (secondary N) is 2. The fraction of sp³-hybridized carbons (Fsp3) is 0.692. The molecule has 0 spiro atoms. The van der Waals surface area contributed by atoms with Gasteiger partial charge in [0.25, 0.3) is 0 Å². The summed E-state index contributed by atoms with van der Waals surface area (Å²) in [7, 11) is 0. The summed E-state index contributed by atoms with van der Waals surface area (Å²) in [6.45, 7) is 2.74. The molecule has 4 nitrogen and oxygen atoms in total. The van der Waals surface area contributed by atoms with E-state index in [4.69, 9.17) is 0 Å². The van der Waals surface area contributed by atoms with Crippen molar-refractivity contribution in [3.05, 3.63) is 20.7 Å². The zero-order valence-corrected chi connectivity index (χ0v) is 11.6. The van der Waals surface area contributed by atoms with E-state index < -0.39 is 0 Å². The molecule has 18 heavy (non-hydrogen) atoms. The van der Waals surface area contributed by atoms with E-state index in [9.17, 15) is 9.59 Å². The average molecular weight is 268 g/mol. The van der Waals surface area contributed by atoms with Gasteiger partial charge in [0.2, 0.25) is 5.91 Å². The third-order valence-corrected chi connectivity index (χ3v) is 4.49. The van der Waals surface area contributed by atoms with Crippen LogP contribution in [0.4, 0.5) is 0 Å². The van der Waals surface area contributed by atoms with Crippen LogP contribution < -0.4 is 10.2 Å². The Bertz CT molecular complexity index is 460. The highest BCUT2D eigenvalue weighted by Gasteiger charge is 2.42. The number of H-pyrrole nitrogens is 1. The lowest BCUT2D eigenvalue weighted by molar-refractivity contribution is -0.136. The molecule has 0 aliphatic heterocycles. The summed E-state index contributed by atoms with van der Waals surface area (Å²) < 4.78 is 0. The Hall–Kier alpha value is -1.10. The molecule has 1 aromatic heterocycles. The second-order valence-corrected chi connectivity index (χ2v) is 5.91. The fourth-order valence-electron chi connectivity index (χ4n) is 2.61. The van der Waals surface area contributed by atoms with Crippen molar-refractivity contribution >= 4 is 17.2 Å². The molecule has 0 aromatic carbocycles. The molecule has 100 valence electrons. The minimum Gasteiger partial charge on any atom is -0.355 e. The number of amides is 1. The van der Waals surface area contributed by atoms with Gasteiger partial charge in [0.15, 0.2) is 0 Å². The number of carbonyl (C=O) groups excluding carboxylic acids is 1. The number of rotatable bonds is 6. The topological polar surface area (TPSA) is 62.0 Å². The molecule has 5 heteroatoms. The molecule has 2 rings (SSSR count). The first-order valence-electron chi connectivity index (χ1n) is 6.61. The van der Waals surface area contributed by atoms with Gasteiger partial charge in [0.1, 0.15) is 0 Å². The SMILES string of the molecule is CCCC1(C(=O)NCCc2csc(=O)[nH]2)CCC1. The van der Waals surface area contributed by atoms with Crippen molar-refractivity contribution in [3.63, 3.8) is 0 Å². The minimum atomic E-state index is -0.0865. The summed E-state index contributed by atoms with van der Waals surface area (Å²) in [5.41, 5.74) is 0.819. The molecule has 1 heterocycles. The van der Waals surface area contributed by atoms with E-state index in [2.05, 4.69) is 17.2 Å². The first kappa shape index (κ1) is 13.3. The number of aromatic amines is 1. The summed E-state index contributed by atoms with van der Waals surface area (Å²) >= 11 is 1.17. The number of carbonyl (C=O) groups is 1. The smallest absolute Gasteiger partial charge is 0.304 e. The average Bonchev–Trinajstić information content (AvgIpc) is 2.69. The number of thiazole rings is 1. The molecular weight excluding hydrogens is 248 g/mol. The Morgan fingerprint density at radius 1 is 1.56 bits per heavy atom. The van der Waals surface area contributed by atoms with Crippen LogP contribution >= 0.6 is 11.3 Å². The Labute approximate surface area is 111 Å². The Morgan fingerprint density at radius 3 is 2.83 bits per heavy atom. The van der Waals surface area contributed by atoms with Crippen LogP contribution in [0.1, 0.15) is 44.7 Å². The molecule has 1 aromatic rings. The van der Waals surface area contributed by atoms with Crippen LogP contribution in [0.2, 0.25) is 0 Å². The van der Waals surface area contributed by atoms with Crippen molar-refractivity contribution in [3.8, 4) is 0 Å². The van der Waals surface area contributed by atoms with Gasteiger partial charge in [-0.3, -0.25) is 9.59 Å². The van der Waals surface area contributed by atoms with E-state index in [1.807, 2.05) is 5.38 Å². The highest BCUT2D eigenvalue weighted by molar-refractivity contribution is 7.07. The predicted octanol–water partition coefficient (Wildman–Crippen LogP) is 2.07. The van der Waals surface area contributed by atoms with E-state index in [-0.39, 0.29) is 16.2 Å². The second-order valence-electron chi connectivity index (χ2n) is 5.06. The maximum Gasteiger partial charge on any atom is 0.304 e. The first-order valence-corrected chi connectivity index (χ1v) is 7.49. The summed E-state index contributed by atoms with van der Waals surface area (Å²) in [5, 5.41) is 4.83. The van der Waals surface area contributed by atoms with Gasteiger partial charge in [-0.25, -0.2) is 0 Å². The van der Waals surface area contributed by atoms with Gasteiger partial charge >= 0.3 is 4.87 Å². The quantitative estimate of drug-likeness (QED) is 0.829. The predicted molar refractivity (Wildman–Crippen MR) is 72.8 cm³/mol. The monoisotopic (exact) mass is 268 g/mol. The lowest BCUT2D eigenvalue weighted by Gasteiger charge is -2.40. The maximum absolute atomic E-state index is 12.2. The molecule has 0 unspecified atom stereocenters. The molecule has 0 atom stereocenters. The summed E-state index contributed by atoms with van der Waals surface area (Å²) in [6.07, 6.45) is 5.99. The van der Waals surface area contributed by atoms with Crippen molar-refractivity contribution in [2.75, 3.05) is 6.54 Å². The minimum absolute atomic E-state index is 0.0298. The lowest BCUT2D eigenvalue weighted by atomic mass is 9.65. The molecule has 0 saturated heterocycles. The van der Waals surface area contributed by atoms with E-state index in [0.29, 0.717) is 13.0 Å². The molecule has 2 N–H and O–H groups in total. The van der Waals surface area contributed by atoms with Crippen LogP contribution in [0.5, 0.6) is 0 Å². The van der Waals surface area contributed by atoms with Crippen molar-refractivity contribution in [1.82, 2.24) is 10.3 Å². The van der Waals surface area contributed by atoms with Gasteiger partial charge < -0.3 is 10.3 Å². The Morgan fingerprint density at radius 2 is 2.33 bits per heavy atom. The molecule has 1 amide bonds. The van der Waals surface area contributed by atoms with Crippen LogP contribution in [0.15, 0.2) is 10.2 Å². The second kappa shape index (κ2) is 5.69. The largest absolute Gasteiger partial charge is 0.355 e. The molecule has 1 aliphatic carbocycles. The highest BCUT2D eigenvalue weighted by Crippen LogP contribution is 2.44. The molecular formula is C13H20N2O2S. The fourth-order valence-corrected chi connectivity index (χ4v) is 3.22. The normalized spacial score (nSPS) is 17.2. The molecule has 0 bridgehead atoms. The van der Waals surface area contributed by atoms with Crippen LogP contribution in [0.25, 0.3) is 0 Å². The van der Waals surface area contributed by atoms with E-state index in [1.54, 1.807) is 0 Å². The first-order chi connectivity index (χ1) is 8.66. The molecule has 1 fully saturated rings. The van der Waals surface area contributed by atoms with Crippen LogP contribution in [0.3, 0.4) is 0 Å². The summed E-state index contributed by atoms with van der Waals surface area (Å²) in [4.78, 5) is 25.8. The van der Waals surface area contributed by atoms with Crippen LogP contribution in [0, 0.1) is 5.41 Å². The van der Waals surface area contributed by atoms with Gasteiger partial charge in [-0.05, 0) is 19.3 Å². The van der Waals surface area contributed by atoms with Gasteiger partial charge in [-0.15, -0.1) is 0 Å². The van der Waals surface area contributed by atoms with E-state index in [1.165, 1.54) is 17.8 Å². The van der Waals surface area contributed by atoms with Gasteiger partial charge in [-0.2, -0.15) is 0 Å². The zero-order valence-electron chi connectivity index (χ0n) is 10.8. The third-order valence-electron chi connectivity index (χ3n) is 3.77. The van der Waals surface area contributed by atoms with Crippen LogP contribution in [-0.2, 0) is 11.2 Å². The highest BCUT2D eigenvalue weighted by atomic mass is 32.1. The summed E-state index contributed by atoms with van der Waals surface area (Å²) in [5.74, 6) is 0.202. The zero-order chi connectivity index (χ0) is 13.0. The number of aromatic nitrogens is 1. The van der Waals surface area contributed by atoms with Crippen molar-refractivity contribution in [2.45, 2.75) is 45.4 Å². The van der Waals surface area contributed by atoms with E-state index in [0.717, 1.165) is 31.4 Å². The maximum atomic E-state index is 12.2. The lowest BCUT2D eigenvalue weighted by Crippen LogP contribution is -2.46. The molecule has 1 aliphatic rings. The van der Waals surface area contributed by atoms with Crippen molar-refractivity contribution in [2.24, 2.45) is 5.41 Å². The number of hydrogen-bond acceptors (Lipinski definition) is 3. The molecule has 1 saturated carbocycles. The summed E-state index contributed by atoms with van der Waals surface area (Å²) in [6, 6.07) is 0. The van der Waals surface area contributed by atoms with Crippen LogP contribution in [-0.4, -0.2) is 17.4 Å². The van der Waals surface area contributed by atoms with Crippen molar-refractivity contribution in [1.29, 1.82) is 0 Å². The van der Waals surface area contributed by atoms with Crippen molar-refractivity contribution < 1.29 is 4.79 Å². The number of hydrogen-bond donors (Lipinski definition) is 2. The molecule has 0 radical (unpaired) electrons. The standard InChI is InChI=1S/C13H20N2O2S/c1-2-5-13(6-3-7-13)11(16)14-8-4-10-9-18-12(17)15-10/h9H,2-8H2,1H3,(H,14,16)(H,15,17). The third kappa shape index (κ3) is 2.83. The Kier molecular flexibility index (Phi) is 4.22. The van der Waals surface area contributed by atoms with E-state index >= 15 is 0 Å². The van der Waals surface area contributed by atoms with Gasteiger partial charge in [0, 0.05) is 29.5 Å².